The van der Waals surface area contributed by atoms with Gasteiger partial charge in [-0.05, 0) is 25.7 Å². The zero-order chi connectivity index (χ0) is 19.2. The molecule has 1 aliphatic carbocycles. The van der Waals surface area contributed by atoms with Crippen LogP contribution in [0.1, 0.15) is 25.7 Å². The molecule has 0 saturated heterocycles. The van der Waals surface area contributed by atoms with E-state index in [1.165, 1.54) is 0 Å². The minimum Gasteiger partial charge on any atom is -0.449 e. The lowest BCUT2D eigenvalue weighted by atomic mass is 9.86. The molecule has 1 saturated carbocycles. The molecule has 140 valence electrons. The van der Waals surface area contributed by atoms with E-state index in [9.17, 15) is 39.9 Å². The second kappa shape index (κ2) is 5.83. The van der Waals surface area contributed by atoms with Crippen LogP contribution in [0, 0.1) is 0 Å². The summed E-state index contributed by atoms with van der Waals surface area (Å²) in [4.78, 5) is 11.4. The minimum atomic E-state index is -6.25. The van der Waals surface area contributed by atoms with E-state index < -0.39 is 54.0 Å². The van der Waals surface area contributed by atoms with Crippen molar-refractivity contribution in [2.24, 2.45) is 0 Å². The maximum absolute atomic E-state index is 14.2. The van der Waals surface area contributed by atoms with E-state index in [1.807, 2.05) is 0 Å². The average molecular weight is 372 g/mol. The molecule has 1 fully saturated rings. The molecule has 1 aliphatic rings. The Morgan fingerprint density at radius 1 is 0.958 bits per heavy atom. The summed E-state index contributed by atoms with van der Waals surface area (Å²) >= 11 is 0. The molecule has 0 unspecified atom stereocenters. The molecule has 24 heavy (non-hydrogen) atoms. The first-order chi connectivity index (χ1) is 10.5. The number of carbonyl (C=O) groups is 1. The second-order valence-electron chi connectivity index (χ2n) is 5.31. The van der Waals surface area contributed by atoms with Crippen LogP contribution in [0.5, 0.6) is 0 Å². The van der Waals surface area contributed by atoms with Crippen LogP contribution in [0.25, 0.3) is 0 Å². The molecule has 4 nitrogen and oxygen atoms in total. The molecule has 0 aliphatic heterocycles. The van der Waals surface area contributed by atoms with Crippen molar-refractivity contribution in [2.75, 3.05) is 0 Å². The number of aliphatic hydroxyl groups is 2. The molecule has 0 spiro atoms. The SMILES string of the molecule is C=C(C(=O)OC1(C(F)(F)C(O)(O)C(F)(F)F)CCCC1)C(F)(F)F. The Morgan fingerprint density at radius 2 is 1.38 bits per heavy atom. The monoisotopic (exact) mass is 372 g/mol. The third-order valence-corrected chi connectivity index (χ3v) is 3.69. The molecule has 0 bridgehead atoms. The highest BCUT2D eigenvalue weighted by Gasteiger charge is 2.78. The molecule has 0 aromatic carbocycles. The Balaban J connectivity index is 3.27. The number of ether oxygens (including phenoxy) is 1. The number of esters is 1. The number of hydrogen-bond donors (Lipinski definition) is 2. The van der Waals surface area contributed by atoms with Gasteiger partial charge in [0.05, 0.1) is 0 Å². The van der Waals surface area contributed by atoms with Gasteiger partial charge in [-0.3, -0.25) is 0 Å². The standard InChI is InChI=1S/C12H12F8O4/c1-6(9(13,14)15)7(21)24-8(4-2-3-5-8)10(16,17)11(22,23)12(18,19)20/h22-23H,1-5H2. The highest BCUT2D eigenvalue weighted by atomic mass is 19.4. The fraction of sp³-hybridized carbons (Fsp3) is 0.750. The smallest absolute Gasteiger partial charge is 0.449 e. The Kier molecular flexibility index (Phi) is 5.01. The van der Waals surface area contributed by atoms with Gasteiger partial charge in [-0.1, -0.05) is 6.58 Å². The Labute approximate surface area is 129 Å². The van der Waals surface area contributed by atoms with Gasteiger partial charge in [-0.15, -0.1) is 0 Å². The summed E-state index contributed by atoms with van der Waals surface area (Å²) in [7, 11) is 0. The van der Waals surface area contributed by atoms with Gasteiger partial charge in [-0.2, -0.15) is 35.1 Å². The van der Waals surface area contributed by atoms with Crippen LogP contribution in [-0.2, 0) is 9.53 Å². The zero-order valence-electron chi connectivity index (χ0n) is 11.8. The Bertz CT molecular complexity index is 514. The van der Waals surface area contributed by atoms with Gasteiger partial charge in [0, 0.05) is 0 Å². The molecule has 0 amide bonds. The van der Waals surface area contributed by atoms with Gasteiger partial charge in [-0.25, -0.2) is 4.79 Å². The molecule has 0 atom stereocenters. The van der Waals surface area contributed by atoms with Crippen LogP contribution in [0.15, 0.2) is 12.2 Å². The number of halogens is 8. The van der Waals surface area contributed by atoms with Crippen LogP contribution >= 0.6 is 0 Å². The lowest BCUT2D eigenvalue weighted by Gasteiger charge is -2.43. The molecule has 0 heterocycles. The summed E-state index contributed by atoms with van der Waals surface area (Å²) in [6.07, 6.45) is -14.0. The van der Waals surface area contributed by atoms with E-state index in [0.29, 0.717) is 0 Å². The molecular formula is C12H12F8O4. The molecule has 0 aromatic rings. The van der Waals surface area contributed by atoms with Crippen molar-refractivity contribution in [3.63, 3.8) is 0 Å². The lowest BCUT2D eigenvalue weighted by molar-refractivity contribution is -0.441. The van der Waals surface area contributed by atoms with Gasteiger partial charge >= 0.3 is 30.0 Å². The average Bonchev–Trinajstić information content (AvgIpc) is 2.85. The van der Waals surface area contributed by atoms with Gasteiger partial charge < -0.3 is 14.9 Å². The van der Waals surface area contributed by atoms with Crippen LogP contribution in [-0.4, -0.2) is 45.8 Å². The summed E-state index contributed by atoms with van der Waals surface area (Å²) in [5.74, 6) is -13.5. The maximum Gasteiger partial charge on any atom is 0.449 e. The highest BCUT2D eigenvalue weighted by molar-refractivity contribution is 5.89. The lowest BCUT2D eigenvalue weighted by Crippen LogP contribution is -2.69. The molecule has 0 aromatic heterocycles. The first-order valence-electron chi connectivity index (χ1n) is 6.38. The number of rotatable bonds is 4. The van der Waals surface area contributed by atoms with E-state index in [-0.39, 0.29) is 12.8 Å². The minimum absolute atomic E-state index is 0.227. The van der Waals surface area contributed by atoms with Crippen molar-refractivity contribution >= 4 is 5.97 Å². The Morgan fingerprint density at radius 3 is 1.71 bits per heavy atom. The molecule has 12 heteroatoms. The Hall–Kier alpha value is -1.43. The summed E-state index contributed by atoms with van der Waals surface area (Å²) < 4.78 is 107. The van der Waals surface area contributed by atoms with Gasteiger partial charge in [0.15, 0.2) is 5.60 Å². The number of hydrogen-bond acceptors (Lipinski definition) is 4. The van der Waals surface area contributed by atoms with E-state index >= 15 is 0 Å². The maximum atomic E-state index is 14.2. The van der Waals surface area contributed by atoms with Crippen molar-refractivity contribution in [3.05, 3.63) is 12.2 Å². The predicted octanol–water partition coefficient (Wildman–Crippen LogP) is 2.84. The second-order valence-corrected chi connectivity index (χ2v) is 5.31. The largest absolute Gasteiger partial charge is 0.449 e. The zero-order valence-corrected chi connectivity index (χ0v) is 11.8. The van der Waals surface area contributed by atoms with E-state index in [2.05, 4.69) is 11.3 Å². The topological polar surface area (TPSA) is 66.8 Å². The van der Waals surface area contributed by atoms with Gasteiger partial charge in [0.25, 0.3) is 0 Å². The molecule has 0 radical (unpaired) electrons. The van der Waals surface area contributed by atoms with Gasteiger partial charge in [0.1, 0.15) is 5.57 Å². The van der Waals surface area contributed by atoms with Crippen LogP contribution in [0.2, 0.25) is 0 Å². The van der Waals surface area contributed by atoms with Gasteiger partial charge in [0.2, 0.25) is 0 Å². The summed E-state index contributed by atoms with van der Waals surface area (Å²) in [5, 5.41) is 17.7. The van der Waals surface area contributed by atoms with Crippen molar-refractivity contribution in [1.29, 1.82) is 0 Å². The van der Waals surface area contributed by atoms with Crippen LogP contribution < -0.4 is 0 Å². The van der Waals surface area contributed by atoms with E-state index in [0.717, 1.165) is 0 Å². The first-order valence-corrected chi connectivity index (χ1v) is 6.38. The quantitative estimate of drug-likeness (QED) is 0.345. The predicted molar refractivity (Wildman–Crippen MR) is 60.7 cm³/mol. The summed E-state index contributed by atoms with van der Waals surface area (Å²) in [6, 6.07) is 0. The summed E-state index contributed by atoms with van der Waals surface area (Å²) in [6.45, 7) is 2.30. The van der Waals surface area contributed by atoms with Crippen molar-refractivity contribution < 1.29 is 54.9 Å². The van der Waals surface area contributed by atoms with Crippen LogP contribution in [0.3, 0.4) is 0 Å². The van der Waals surface area contributed by atoms with E-state index in [4.69, 9.17) is 10.2 Å². The third kappa shape index (κ3) is 3.21. The first kappa shape index (κ1) is 20.6. The van der Waals surface area contributed by atoms with E-state index in [1.54, 1.807) is 0 Å². The fourth-order valence-corrected chi connectivity index (χ4v) is 2.28. The molecule has 2 N–H and O–H groups in total. The normalized spacial score (nSPS) is 19.2. The van der Waals surface area contributed by atoms with Crippen LogP contribution in [0.4, 0.5) is 35.1 Å². The van der Waals surface area contributed by atoms with Crippen molar-refractivity contribution in [1.82, 2.24) is 0 Å². The number of carbonyl (C=O) groups excluding carboxylic acids is 1. The molecular weight excluding hydrogens is 360 g/mol. The summed E-state index contributed by atoms with van der Waals surface area (Å²) in [5.41, 5.74) is -5.67. The highest BCUT2D eigenvalue weighted by Crippen LogP contribution is 2.53. The van der Waals surface area contributed by atoms with Crippen molar-refractivity contribution in [2.45, 2.75) is 55.3 Å². The fourth-order valence-electron chi connectivity index (χ4n) is 2.28. The third-order valence-electron chi connectivity index (χ3n) is 3.69. The van der Waals surface area contributed by atoms with Crippen molar-refractivity contribution in [3.8, 4) is 0 Å². The number of alkyl halides is 8. The molecule has 1 rings (SSSR count).